The number of rotatable bonds is 4. The van der Waals surface area contributed by atoms with Crippen molar-refractivity contribution in [3.63, 3.8) is 0 Å². The van der Waals surface area contributed by atoms with Crippen LogP contribution in [0.5, 0.6) is 0 Å². The van der Waals surface area contributed by atoms with E-state index in [1.165, 1.54) is 12.3 Å². The zero-order chi connectivity index (χ0) is 14.9. The third-order valence-corrected chi connectivity index (χ3v) is 5.91. The summed E-state index contributed by atoms with van der Waals surface area (Å²) in [5.41, 5.74) is 0.426. The predicted octanol–water partition coefficient (Wildman–Crippen LogP) is 2.71. The van der Waals surface area contributed by atoms with Crippen molar-refractivity contribution in [2.75, 3.05) is 4.72 Å². The first kappa shape index (κ1) is 14.9. The lowest BCUT2D eigenvalue weighted by molar-refractivity contribution is 0.0696. The Morgan fingerprint density at radius 1 is 1.45 bits per heavy atom. The van der Waals surface area contributed by atoms with Crippen LogP contribution in [0.25, 0.3) is 0 Å². The lowest BCUT2D eigenvalue weighted by Gasteiger charge is -2.10. The quantitative estimate of drug-likeness (QED) is 0.854. The number of carbonyl (C=O) groups is 1. The molecule has 0 amide bonds. The second kappa shape index (κ2) is 5.51. The molecule has 2 N–H and O–H groups in total. The number of nitrogens with one attached hydrogen (secondary N) is 1. The molecule has 0 spiro atoms. The van der Waals surface area contributed by atoms with Gasteiger partial charge in [-0.25, -0.2) is 18.2 Å². The van der Waals surface area contributed by atoms with E-state index in [0.717, 1.165) is 17.4 Å². The van der Waals surface area contributed by atoms with E-state index in [0.29, 0.717) is 10.0 Å². The molecular formula is C11H9BrN2O4S2. The van der Waals surface area contributed by atoms with Crippen LogP contribution in [0.4, 0.5) is 5.13 Å². The molecule has 9 heteroatoms. The number of aromatic carboxylic acids is 1. The molecule has 0 radical (unpaired) electrons. The highest BCUT2D eigenvalue weighted by Crippen LogP contribution is 2.29. The number of anilines is 1. The second-order valence-electron chi connectivity index (χ2n) is 3.85. The van der Waals surface area contributed by atoms with Crippen molar-refractivity contribution < 1.29 is 18.3 Å². The van der Waals surface area contributed by atoms with E-state index in [2.05, 4.69) is 25.6 Å². The fourth-order valence-corrected chi connectivity index (χ4v) is 4.33. The smallest absolute Gasteiger partial charge is 0.335 e. The average molecular weight is 377 g/mol. The molecule has 1 heterocycles. The van der Waals surface area contributed by atoms with Crippen LogP contribution in [-0.2, 0) is 10.0 Å². The summed E-state index contributed by atoms with van der Waals surface area (Å²) in [6, 6.07) is 2.50. The van der Waals surface area contributed by atoms with Gasteiger partial charge in [0, 0.05) is 16.0 Å². The van der Waals surface area contributed by atoms with Crippen molar-refractivity contribution in [1.29, 1.82) is 0 Å². The molecule has 0 fully saturated rings. The number of nitrogens with zero attached hydrogens (tertiary/aromatic N) is 1. The van der Waals surface area contributed by atoms with Gasteiger partial charge in [-0.15, -0.1) is 11.3 Å². The maximum absolute atomic E-state index is 12.3. The maximum Gasteiger partial charge on any atom is 0.335 e. The Kier molecular flexibility index (Phi) is 4.11. The minimum atomic E-state index is -3.90. The summed E-state index contributed by atoms with van der Waals surface area (Å²) in [6.07, 6.45) is 1.47. The topological polar surface area (TPSA) is 96.4 Å². The fraction of sp³-hybridized carbons (Fsp3) is 0.0909. The van der Waals surface area contributed by atoms with Crippen LogP contribution in [0.1, 0.15) is 15.9 Å². The van der Waals surface area contributed by atoms with Crippen molar-refractivity contribution in [1.82, 2.24) is 4.98 Å². The molecule has 2 rings (SSSR count). The molecule has 1 aromatic heterocycles. The first-order valence-electron chi connectivity index (χ1n) is 5.27. The summed E-state index contributed by atoms with van der Waals surface area (Å²) < 4.78 is 27.2. The molecule has 6 nitrogen and oxygen atoms in total. The third kappa shape index (κ3) is 3.00. The zero-order valence-electron chi connectivity index (χ0n) is 10.1. The number of halogens is 1. The Morgan fingerprint density at radius 3 is 2.70 bits per heavy atom. The number of aryl methyl sites for hydroxylation is 1. The molecule has 0 bridgehead atoms. The first-order chi connectivity index (χ1) is 9.31. The van der Waals surface area contributed by atoms with Gasteiger partial charge in [0.15, 0.2) is 5.13 Å². The van der Waals surface area contributed by atoms with E-state index in [1.807, 2.05) is 0 Å². The Morgan fingerprint density at radius 2 is 2.15 bits per heavy atom. The minimum absolute atomic E-state index is 0.0924. The van der Waals surface area contributed by atoms with Crippen molar-refractivity contribution in [2.45, 2.75) is 11.8 Å². The molecule has 0 saturated carbocycles. The molecule has 0 unspecified atom stereocenters. The molecule has 0 aliphatic rings. The van der Waals surface area contributed by atoms with Crippen molar-refractivity contribution in [3.05, 3.63) is 39.3 Å². The number of benzene rings is 1. The van der Waals surface area contributed by atoms with Gasteiger partial charge in [-0.1, -0.05) is 0 Å². The normalized spacial score (nSPS) is 11.3. The predicted molar refractivity (Wildman–Crippen MR) is 78.8 cm³/mol. The van der Waals surface area contributed by atoms with Crippen LogP contribution in [0.2, 0.25) is 0 Å². The van der Waals surface area contributed by atoms with E-state index < -0.39 is 16.0 Å². The molecule has 20 heavy (non-hydrogen) atoms. The molecule has 1 aromatic carbocycles. The van der Waals surface area contributed by atoms with E-state index in [4.69, 9.17) is 5.11 Å². The van der Waals surface area contributed by atoms with E-state index in [1.54, 1.807) is 12.3 Å². The first-order valence-corrected chi connectivity index (χ1v) is 8.42. The molecular weight excluding hydrogens is 368 g/mol. The summed E-state index contributed by atoms with van der Waals surface area (Å²) in [6.45, 7) is 1.62. The van der Waals surface area contributed by atoms with Gasteiger partial charge in [0.1, 0.15) is 4.90 Å². The highest BCUT2D eigenvalue weighted by molar-refractivity contribution is 9.10. The molecule has 2 aromatic rings. The molecule has 0 atom stereocenters. The van der Waals surface area contributed by atoms with Crippen LogP contribution in [0.15, 0.2) is 33.1 Å². The van der Waals surface area contributed by atoms with Crippen LogP contribution in [0.3, 0.4) is 0 Å². The van der Waals surface area contributed by atoms with Gasteiger partial charge in [-0.3, -0.25) is 4.72 Å². The number of carboxylic acids is 1. The van der Waals surface area contributed by atoms with Crippen LogP contribution >= 0.6 is 27.3 Å². The average Bonchev–Trinajstić information content (AvgIpc) is 2.83. The SMILES string of the molecule is Cc1cc(C(=O)O)cc(S(=O)(=O)Nc2nccs2)c1Br. The van der Waals surface area contributed by atoms with Gasteiger partial charge in [0.25, 0.3) is 10.0 Å². The standard InChI is InChI=1S/C11H9BrN2O4S2/c1-6-4-7(10(15)16)5-8(9(6)12)20(17,18)14-11-13-2-3-19-11/h2-5H,1H3,(H,13,14)(H,15,16). The van der Waals surface area contributed by atoms with Crippen molar-refractivity contribution in [3.8, 4) is 0 Å². The largest absolute Gasteiger partial charge is 0.478 e. The van der Waals surface area contributed by atoms with E-state index >= 15 is 0 Å². The van der Waals surface area contributed by atoms with Crippen LogP contribution < -0.4 is 4.72 Å². The van der Waals surface area contributed by atoms with Crippen molar-refractivity contribution >= 4 is 48.4 Å². The summed E-state index contributed by atoms with van der Waals surface area (Å²) in [4.78, 5) is 14.7. The fourth-order valence-electron chi connectivity index (χ4n) is 1.50. The maximum atomic E-state index is 12.3. The van der Waals surface area contributed by atoms with Gasteiger partial charge in [-0.2, -0.15) is 0 Å². The van der Waals surface area contributed by atoms with E-state index in [9.17, 15) is 13.2 Å². The molecule has 106 valence electrons. The van der Waals surface area contributed by atoms with E-state index in [-0.39, 0.29) is 15.6 Å². The Bertz CT molecular complexity index is 757. The molecule has 0 saturated heterocycles. The van der Waals surface area contributed by atoms with Crippen LogP contribution in [-0.4, -0.2) is 24.5 Å². The van der Waals surface area contributed by atoms with Gasteiger partial charge in [-0.05, 0) is 40.5 Å². The minimum Gasteiger partial charge on any atom is -0.478 e. The number of carboxylic acid groups (broad SMARTS) is 1. The highest BCUT2D eigenvalue weighted by atomic mass is 79.9. The Labute approximate surface area is 127 Å². The summed E-state index contributed by atoms with van der Waals surface area (Å²) >= 11 is 4.31. The summed E-state index contributed by atoms with van der Waals surface area (Å²) in [5, 5.41) is 10.9. The van der Waals surface area contributed by atoms with Gasteiger partial charge >= 0.3 is 5.97 Å². The lowest BCUT2D eigenvalue weighted by atomic mass is 10.1. The Balaban J connectivity index is 2.53. The number of hydrogen-bond donors (Lipinski definition) is 2. The number of aromatic nitrogens is 1. The number of thiazole rings is 1. The van der Waals surface area contributed by atoms with Gasteiger partial charge < -0.3 is 5.11 Å². The number of hydrogen-bond acceptors (Lipinski definition) is 5. The lowest BCUT2D eigenvalue weighted by Crippen LogP contribution is -2.15. The van der Waals surface area contributed by atoms with Gasteiger partial charge in [0.2, 0.25) is 0 Å². The highest BCUT2D eigenvalue weighted by Gasteiger charge is 2.22. The number of sulfonamides is 1. The Hall–Kier alpha value is -1.45. The van der Waals surface area contributed by atoms with Crippen molar-refractivity contribution in [2.24, 2.45) is 0 Å². The zero-order valence-corrected chi connectivity index (χ0v) is 13.3. The van der Waals surface area contributed by atoms with Crippen LogP contribution in [0, 0.1) is 6.92 Å². The molecule has 0 aliphatic heterocycles. The monoisotopic (exact) mass is 376 g/mol. The third-order valence-electron chi connectivity index (χ3n) is 2.41. The second-order valence-corrected chi connectivity index (χ2v) is 7.19. The van der Waals surface area contributed by atoms with Gasteiger partial charge in [0.05, 0.1) is 5.56 Å². The summed E-state index contributed by atoms with van der Waals surface area (Å²) in [5.74, 6) is -1.19. The molecule has 0 aliphatic carbocycles. The summed E-state index contributed by atoms with van der Waals surface area (Å²) in [7, 11) is -3.90.